The summed E-state index contributed by atoms with van der Waals surface area (Å²) in [5.74, 6) is -0.639. The average molecular weight is 1280 g/mol. The molecule has 0 aromatic rings. The molecule has 516 valence electrons. The zero-order valence-corrected chi connectivity index (χ0v) is 58.1. The Bertz CT molecular complexity index is 1700. The Morgan fingerprint density at radius 1 is 0.310 bits per heavy atom. The third kappa shape index (κ3) is 62.6. The number of unbranched alkanes of at least 4 members (excludes halogenated alkanes) is 37. The number of carbonyl (C=O) groups is 4. The third-order valence-corrected chi connectivity index (χ3v) is 17.6. The van der Waals surface area contributed by atoms with Crippen molar-refractivity contribution < 1.29 is 80.2 Å². The largest absolute Gasteiger partial charge is 0.472 e. The van der Waals surface area contributed by atoms with E-state index in [0.717, 1.165) is 95.8 Å². The highest BCUT2D eigenvalue weighted by molar-refractivity contribution is 7.47. The van der Waals surface area contributed by atoms with E-state index >= 15 is 0 Å². The Morgan fingerprint density at radius 2 is 0.529 bits per heavy atom. The molecule has 0 aliphatic rings. The highest BCUT2D eigenvalue weighted by Gasteiger charge is 2.30. The van der Waals surface area contributed by atoms with Crippen LogP contribution in [-0.4, -0.2) is 96.7 Å². The van der Waals surface area contributed by atoms with E-state index in [-0.39, 0.29) is 25.7 Å². The number of aliphatic hydroxyl groups excluding tert-OH is 1. The maximum atomic E-state index is 13.0. The third-order valence-electron chi connectivity index (χ3n) is 15.7. The van der Waals surface area contributed by atoms with Crippen LogP contribution in [0.5, 0.6) is 0 Å². The Labute approximate surface area is 530 Å². The van der Waals surface area contributed by atoms with Crippen LogP contribution in [0.1, 0.15) is 343 Å². The molecule has 0 aromatic heterocycles. The van der Waals surface area contributed by atoms with Gasteiger partial charge in [-0.15, -0.1) is 0 Å². The molecule has 0 aliphatic heterocycles. The summed E-state index contributed by atoms with van der Waals surface area (Å²) in [5, 5.41) is 10.6. The van der Waals surface area contributed by atoms with Crippen LogP contribution >= 0.6 is 15.6 Å². The van der Waals surface area contributed by atoms with Gasteiger partial charge in [0.25, 0.3) is 0 Å². The molecular formula is C68H132O17P2. The fourth-order valence-corrected chi connectivity index (χ4v) is 11.8. The van der Waals surface area contributed by atoms with Crippen LogP contribution in [0.25, 0.3) is 0 Å². The second-order valence-corrected chi connectivity index (χ2v) is 28.4. The number of esters is 4. The van der Waals surface area contributed by atoms with Crippen LogP contribution in [0.15, 0.2) is 0 Å². The van der Waals surface area contributed by atoms with Crippen molar-refractivity contribution >= 4 is 39.5 Å². The Hall–Kier alpha value is -1.94. The Kier molecular flexibility index (Phi) is 59.0. The SMILES string of the molecule is CCCCCCCCCCCCCC(=O)OC[C@H](COP(=O)(O)OC[C@@H](O)COP(=O)(O)OC[C@@H](COC(=O)CCCCCCCCCCC)OC(=O)CCCCCCCCCC(C)C)OC(=O)CCCCCCCCCCCCCCCCC(C)C. The van der Waals surface area contributed by atoms with Crippen molar-refractivity contribution in [3.63, 3.8) is 0 Å². The molecule has 0 amide bonds. The first-order chi connectivity index (χ1) is 41.9. The minimum atomic E-state index is -4.95. The van der Waals surface area contributed by atoms with Crippen molar-refractivity contribution in [1.82, 2.24) is 0 Å². The predicted octanol–water partition coefficient (Wildman–Crippen LogP) is 19.2. The quantitative estimate of drug-likeness (QED) is 0.0222. The summed E-state index contributed by atoms with van der Waals surface area (Å²) in [5.41, 5.74) is 0. The Morgan fingerprint density at radius 3 is 0.782 bits per heavy atom. The van der Waals surface area contributed by atoms with Crippen LogP contribution in [0.2, 0.25) is 0 Å². The molecule has 0 aliphatic carbocycles. The van der Waals surface area contributed by atoms with E-state index in [1.54, 1.807) is 0 Å². The predicted molar refractivity (Wildman–Crippen MR) is 349 cm³/mol. The molecule has 0 saturated heterocycles. The minimum absolute atomic E-state index is 0.103. The van der Waals surface area contributed by atoms with E-state index in [1.807, 2.05) is 0 Å². The molecule has 0 spiro atoms. The molecule has 0 radical (unpaired) electrons. The molecule has 5 atom stereocenters. The lowest BCUT2D eigenvalue weighted by Crippen LogP contribution is -2.30. The standard InChI is InChI=1S/C68H132O17P2/c1-7-9-11-13-15-17-22-27-33-39-45-51-66(71)79-56-63(84-67(72)52-46-40-34-28-24-21-19-18-20-23-26-30-36-42-48-60(3)4)58-82-86(74,75)80-54-62(69)55-81-87(76,77)83-59-64(57-78-65(70)50-44-38-32-25-16-14-12-10-8-2)85-68(73)53-47-41-35-29-31-37-43-49-61(5)6/h60-64,69H,7-59H2,1-6H3,(H,74,75)(H,76,77)/t62-,63-,64-/m1/s1. The van der Waals surface area contributed by atoms with E-state index in [1.165, 1.54) is 161 Å². The molecule has 0 aromatic carbocycles. The van der Waals surface area contributed by atoms with Crippen LogP contribution in [0.3, 0.4) is 0 Å². The number of ether oxygens (including phenoxy) is 4. The summed E-state index contributed by atoms with van der Waals surface area (Å²) < 4.78 is 68.1. The lowest BCUT2D eigenvalue weighted by atomic mass is 10.0. The monoisotopic (exact) mass is 1280 g/mol. The van der Waals surface area contributed by atoms with E-state index in [4.69, 9.17) is 37.0 Å². The van der Waals surface area contributed by atoms with E-state index in [2.05, 4.69) is 41.5 Å². The first-order valence-electron chi connectivity index (χ1n) is 35.5. The van der Waals surface area contributed by atoms with Crippen LogP contribution < -0.4 is 0 Å². The molecular weight excluding hydrogens is 1150 g/mol. The summed E-state index contributed by atoms with van der Waals surface area (Å²) in [6, 6.07) is 0. The lowest BCUT2D eigenvalue weighted by Gasteiger charge is -2.21. The molecule has 87 heavy (non-hydrogen) atoms. The van der Waals surface area contributed by atoms with Crippen molar-refractivity contribution in [2.24, 2.45) is 11.8 Å². The van der Waals surface area contributed by atoms with Gasteiger partial charge in [-0.2, -0.15) is 0 Å². The minimum Gasteiger partial charge on any atom is -0.462 e. The van der Waals surface area contributed by atoms with Gasteiger partial charge in [0.05, 0.1) is 26.4 Å². The summed E-state index contributed by atoms with van der Waals surface area (Å²) >= 11 is 0. The summed E-state index contributed by atoms with van der Waals surface area (Å²) in [6.45, 7) is 9.47. The van der Waals surface area contributed by atoms with E-state index in [9.17, 15) is 43.2 Å². The second-order valence-electron chi connectivity index (χ2n) is 25.5. The first-order valence-corrected chi connectivity index (χ1v) is 38.5. The lowest BCUT2D eigenvalue weighted by molar-refractivity contribution is -0.161. The molecule has 0 rings (SSSR count). The van der Waals surface area contributed by atoms with Crippen molar-refractivity contribution in [2.75, 3.05) is 39.6 Å². The van der Waals surface area contributed by atoms with Gasteiger partial charge in [-0.3, -0.25) is 37.3 Å². The zero-order chi connectivity index (χ0) is 64.3. The fraction of sp³-hybridized carbons (Fsp3) is 0.941. The van der Waals surface area contributed by atoms with Crippen LogP contribution in [-0.2, 0) is 65.4 Å². The molecule has 0 saturated carbocycles. The topological polar surface area (TPSA) is 237 Å². The van der Waals surface area contributed by atoms with Gasteiger partial charge in [0.1, 0.15) is 19.3 Å². The van der Waals surface area contributed by atoms with Gasteiger partial charge in [-0.1, -0.05) is 292 Å². The molecule has 2 unspecified atom stereocenters. The molecule has 0 fully saturated rings. The van der Waals surface area contributed by atoms with Crippen molar-refractivity contribution in [1.29, 1.82) is 0 Å². The summed E-state index contributed by atoms with van der Waals surface area (Å²) in [6.07, 6.45) is 44.5. The van der Waals surface area contributed by atoms with Gasteiger partial charge < -0.3 is 33.8 Å². The van der Waals surface area contributed by atoms with Crippen molar-refractivity contribution in [3.05, 3.63) is 0 Å². The Balaban J connectivity index is 5.21. The summed E-state index contributed by atoms with van der Waals surface area (Å²) in [7, 11) is -9.89. The van der Waals surface area contributed by atoms with Gasteiger partial charge in [-0.25, -0.2) is 9.13 Å². The number of phosphoric acid groups is 2. The average Bonchev–Trinajstić information content (AvgIpc) is 3.50. The van der Waals surface area contributed by atoms with E-state index in [0.29, 0.717) is 31.6 Å². The molecule has 0 heterocycles. The van der Waals surface area contributed by atoms with Crippen molar-refractivity contribution in [3.8, 4) is 0 Å². The fourth-order valence-electron chi connectivity index (χ4n) is 10.2. The number of carbonyl (C=O) groups excluding carboxylic acids is 4. The normalized spacial score (nSPS) is 14.2. The van der Waals surface area contributed by atoms with Gasteiger partial charge in [0.2, 0.25) is 0 Å². The van der Waals surface area contributed by atoms with Crippen molar-refractivity contribution in [2.45, 2.75) is 362 Å². The van der Waals surface area contributed by atoms with Gasteiger partial charge >= 0.3 is 39.5 Å². The smallest absolute Gasteiger partial charge is 0.462 e. The number of rotatable bonds is 67. The van der Waals surface area contributed by atoms with Crippen LogP contribution in [0.4, 0.5) is 0 Å². The molecule has 3 N–H and O–H groups in total. The zero-order valence-electron chi connectivity index (χ0n) is 56.3. The van der Waals surface area contributed by atoms with Gasteiger partial charge in [0.15, 0.2) is 12.2 Å². The first kappa shape index (κ1) is 85.1. The number of hydrogen-bond acceptors (Lipinski definition) is 15. The molecule has 19 heteroatoms. The second kappa shape index (κ2) is 60.3. The number of phosphoric ester groups is 2. The highest BCUT2D eigenvalue weighted by Crippen LogP contribution is 2.45. The molecule has 17 nitrogen and oxygen atoms in total. The summed E-state index contributed by atoms with van der Waals surface area (Å²) in [4.78, 5) is 72.3. The van der Waals surface area contributed by atoms with Gasteiger partial charge in [0, 0.05) is 25.7 Å². The molecule has 0 bridgehead atoms. The van der Waals surface area contributed by atoms with E-state index < -0.39 is 97.5 Å². The highest BCUT2D eigenvalue weighted by atomic mass is 31.2. The maximum Gasteiger partial charge on any atom is 0.472 e. The van der Waals surface area contributed by atoms with Gasteiger partial charge in [-0.05, 0) is 37.5 Å². The number of aliphatic hydroxyl groups is 1. The maximum absolute atomic E-state index is 13.0. The van der Waals surface area contributed by atoms with Crippen LogP contribution in [0, 0.1) is 11.8 Å². The number of hydrogen-bond donors (Lipinski definition) is 3.